The summed E-state index contributed by atoms with van der Waals surface area (Å²) in [5, 5.41) is 10.7. The summed E-state index contributed by atoms with van der Waals surface area (Å²) >= 11 is 1.58. The highest BCUT2D eigenvalue weighted by Gasteiger charge is 2.38. The Hall–Kier alpha value is -2.71. The third-order valence-electron chi connectivity index (χ3n) is 5.22. The number of amides is 1. The third-order valence-corrected chi connectivity index (χ3v) is 6.38. The molecule has 2 heterocycles. The lowest BCUT2D eigenvalue weighted by Gasteiger charge is -2.42. The number of carbonyl (C=O) groups is 1. The van der Waals surface area contributed by atoms with Crippen molar-refractivity contribution in [3.8, 4) is 6.07 Å². The van der Waals surface area contributed by atoms with Crippen LogP contribution in [0, 0.1) is 25.2 Å². The molecule has 2 aliphatic heterocycles. The molecule has 0 bridgehead atoms. The van der Waals surface area contributed by atoms with Crippen LogP contribution in [0.4, 0.5) is 5.69 Å². The lowest BCUT2D eigenvalue weighted by atomic mass is 9.84. The number of hydrogen-bond donors (Lipinski definition) is 0. The van der Waals surface area contributed by atoms with E-state index in [4.69, 9.17) is 0 Å². The molecule has 136 valence electrons. The third kappa shape index (κ3) is 3.22. The van der Waals surface area contributed by atoms with E-state index in [-0.39, 0.29) is 11.8 Å². The molecule has 1 atom stereocenters. The number of thioether (sulfide) groups is 1. The van der Waals surface area contributed by atoms with Gasteiger partial charge in [0, 0.05) is 18.0 Å². The Bertz CT molecular complexity index is 976. The topological polar surface area (TPSA) is 47.3 Å². The number of nitriles is 1. The lowest BCUT2D eigenvalue weighted by Crippen LogP contribution is -2.47. The van der Waals surface area contributed by atoms with Gasteiger partial charge in [0.05, 0.1) is 29.2 Å². The predicted molar refractivity (Wildman–Crippen MR) is 109 cm³/mol. The fourth-order valence-electron chi connectivity index (χ4n) is 3.79. The Labute approximate surface area is 164 Å². The zero-order chi connectivity index (χ0) is 19.0. The van der Waals surface area contributed by atoms with E-state index >= 15 is 0 Å². The molecule has 0 spiro atoms. The smallest absolute Gasteiger partial charge is 0.229 e. The van der Waals surface area contributed by atoms with Gasteiger partial charge in [-0.25, -0.2) is 0 Å². The monoisotopic (exact) mass is 375 g/mol. The first-order valence-electron chi connectivity index (χ1n) is 9.03. The van der Waals surface area contributed by atoms with Crippen molar-refractivity contribution in [2.24, 2.45) is 0 Å². The van der Waals surface area contributed by atoms with E-state index in [2.05, 4.69) is 36.1 Å². The van der Waals surface area contributed by atoms with Crippen LogP contribution in [-0.4, -0.2) is 23.4 Å². The number of rotatable bonds is 2. The van der Waals surface area contributed by atoms with E-state index in [0.717, 1.165) is 33.3 Å². The average molecular weight is 375 g/mol. The molecule has 2 aromatic carbocycles. The summed E-state index contributed by atoms with van der Waals surface area (Å²) in [6.45, 7) is 4.61. The Kier molecular flexibility index (Phi) is 4.67. The van der Waals surface area contributed by atoms with Crippen LogP contribution in [0.25, 0.3) is 0 Å². The molecular formula is C22H21N3OS. The van der Waals surface area contributed by atoms with Gasteiger partial charge in [0.25, 0.3) is 0 Å². The number of aryl methyl sites for hydroxylation is 2. The summed E-state index contributed by atoms with van der Waals surface area (Å²) in [7, 11) is 0. The molecule has 4 rings (SSSR count). The standard InChI is InChI=1S/C22H21N3OS/c1-15-6-5-8-17(10-15)24-13-25-21(26)11-19(18-9-4-3-7-16(18)2)20(12-23)22(25)27-14-24/h3-10,19H,11,13-14H2,1-2H3/t19-/m1/s1. The summed E-state index contributed by atoms with van der Waals surface area (Å²) in [6, 6.07) is 18.8. The fraction of sp³-hybridized carbons (Fsp3) is 0.273. The van der Waals surface area contributed by atoms with E-state index in [9.17, 15) is 10.1 Å². The minimum Gasteiger partial charge on any atom is -0.344 e. The van der Waals surface area contributed by atoms with E-state index in [0.29, 0.717) is 13.1 Å². The van der Waals surface area contributed by atoms with Crippen molar-refractivity contribution in [3.05, 3.63) is 75.8 Å². The number of allylic oxidation sites excluding steroid dienone is 1. The van der Waals surface area contributed by atoms with Crippen LogP contribution >= 0.6 is 11.8 Å². The molecule has 0 aromatic heterocycles. The second-order valence-corrected chi connectivity index (χ2v) is 7.99. The number of benzene rings is 2. The van der Waals surface area contributed by atoms with Crippen molar-refractivity contribution < 1.29 is 4.79 Å². The van der Waals surface area contributed by atoms with Gasteiger partial charge in [0.2, 0.25) is 5.91 Å². The van der Waals surface area contributed by atoms with Gasteiger partial charge in [0.1, 0.15) is 0 Å². The summed E-state index contributed by atoms with van der Waals surface area (Å²) in [6.07, 6.45) is 0.347. The second-order valence-electron chi connectivity index (χ2n) is 7.06. The number of hydrogen-bond acceptors (Lipinski definition) is 4. The summed E-state index contributed by atoms with van der Waals surface area (Å²) < 4.78 is 0. The number of carbonyl (C=O) groups excluding carboxylic acids is 1. The van der Waals surface area contributed by atoms with Crippen LogP contribution in [0.3, 0.4) is 0 Å². The highest BCUT2D eigenvalue weighted by atomic mass is 32.2. The molecule has 0 unspecified atom stereocenters. The molecule has 2 aliphatic rings. The molecule has 0 radical (unpaired) electrons. The van der Waals surface area contributed by atoms with Crippen molar-refractivity contribution >= 4 is 23.4 Å². The van der Waals surface area contributed by atoms with Crippen LogP contribution in [0.15, 0.2) is 59.1 Å². The van der Waals surface area contributed by atoms with Gasteiger partial charge in [-0.3, -0.25) is 9.69 Å². The maximum absolute atomic E-state index is 13.0. The van der Waals surface area contributed by atoms with Gasteiger partial charge in [-0.1, -0.05) is 48.2 Å². The molecule has 1 fully saturated rings. The summed E-state index contributed by atoms with van der Waals surface area (Å²) in [5.74, 6) is 0.670. The molecule has 2 aromatic rings. The zero-order valence-electron chi connectivity index (χ0n) is 15.5. The number of nitrogens with zero attached hydrogens (tertiary/aromatic N) is 3. The molecule has 0 aliphatic carbocycles. The van der Waals surface area contributed by atoms with Crippen LogP contribution in [-0.2, 0) is 4.79 Å². The molecular weight excluding hydrogens is 354 g/mol. The molecule has 0 saturated carbocycles. The molecule has 27 heavy (non-hydrogen) atoms. The first-order valence-corrected chi connectivity index (χ1v) is 10.0. The zero-order valence-corrected chi connectivity index (χ0v) is 16.3. The van der Waals surface area contributed by atoms with Gasteiger partial charge in [-0.05, 0) is 42.7 Å². The highest BCUT2D eigenvalue weighted by Crippen LogP contribution is 2.43. The minimum absolute atomic E-state index is 0.0853. The summed E-state index contributed by atoms with van der Waals surface area (Å²) in [5.41, 5.74) is 5.23. The fourth-order valence-corrected chi connectivity index (χ4v) is 4.96. The van der Waals surface area contributed by atoms with Gasteiger partial charge < -0.3 is 4.90 Å². The first kappa shape index (κ1) is 17.7. The van der Waals surface area contributed by atoms with Gasteiger partial charge in [0.15, 0.2) is 0 Å². The van der Waals surface area contributed by atoms with Crippen molar-refractivity contribution in [1.29, 1.82) is 5.26 Å². The molecule has 5 heteroatoms. The first-order chi connectivity index (χ1) is 13.1. The SMILES string of the molecule is Cc1cccc(N2CSC3=C(C#N)[C@@H](c4ccccc4C)CC(=O)N3C2)c1. The van der Waals surface area contributed by atoms with E-state index in [1.165, 1.54) is 5.56 Å². The highest BCUT2D eigenvalue weighted by molar-refractivity contribution is 8.03. The summed E-state index contributed by atoms with van der Waals surface area (Å²) in [4.78, 5) is 16.9. The van der Waals surface area contributed by atoms with Crippen LogP contribution in [0.1, 0.15) is 29.0 Å². The molecule has 1 saturated heterocycles. The van der Waals surface area contributed by atoms with Crippen LogP contribution < -0.4 is 4.90 Å². The van der Waals surface area contributed by atoms with Crippen molar-refractivity contribution in [1.82, 2.24) is 4.90 Å². The molecule has 0 N–H and O–H groups in total. The van der Waals surface area contributed by atoms with Crippen molar-refractivity contribution in [2.45, 2.75) is 26.2 Å². The number of anilines is 1. The van der Waals surface area contributed by atoms with E-state index in [1.54, 1.807) is 16.7 Å². The second kappa shape index (κ2) is 7.13. The normalized spacial score (nSPS) is 19.7. The van der Waals surface area contributed by atoms with Gasteiger partial charge in [-0.15, -0.1) is 0 Å². The quantitative estimate of drug-likeness (QED) is 0.774. The average Bonchev–Trinajstić information content (AvgIpc) is 2.68. The lowest BCUT2D eigenvalue weighted by molar-refractivity contribution is -0.129. The minimum atomic E-state index is -0.145. The Balaban J connectivity index is 1.69. The van der Waals surface area contributed by atoms with Gasteiger partial charge in [-0.2, -0.15) is 5.26 Å². The maximum Gasteiger partial charge on any atom is 0.229 e. The van der Waals surface area contributed by atoms with E-state index < -0.39 is 0 Å². The van der Waals surface area contributed by atoms with Crippen LogP contribution in [0.5, 0.6) is 0 Å². The van der Waals surface area contributed by atoms with E-state index in [1.807, 2.05) is 37.3 Å². The van der Waals surface area contributed by atoms with Gasteiger partial charge >= 0.3 is 0 Å². The Morgan fingerprint density at radius 3 is 2.70 bits per heavy atom. The van der Waals surface area contributed by atoms with Crippen molar-refractivity contribution in [2.75, 3.05) is 17.4 Å². The van der Waals surface area contributed by atoms with Crippen molar-refractivity contribution in [3.63, 3.8) is 0 Å². The van der Waals surface area contributed by atoms with Crippen LogP contribution in [0.2, 0.25) is 0 Å². The Morgan fingerprint density at radius 1 is 1.15 bits per heavy atom. The maximum atomic E-state index is 13.0. The Morgan fingerprint density at radius 2 is 1.96 bits per heavy atom. The molecule has 4 nitrogen and oxygen atoms in total. The largest absolute Gasteiger partial charge is 0.344 e. The molecule has 1 amide bonds. The predicted octanol–water partition coefficient (Wildman–Crippen LogP) is 4.52. The number of fused-ring (bicyclic) bond motifs is 1.